The lowest BCUT2D eigenvalue weighted by atomic mass is 9.86. The van der Waals surface area contributed by atoms with Crippen LogP contribution in [0, 0.1) is 0 Å². The van der Waals surface area contributed by atoms with Crippen LogP contribution in [0.3, 0.4) is 0 Å². The highest BCUT2D eigenvalue weighted by molar-refractivity contribution is 5.85. The van der Waals surface area contributed by atoms with Crippen LogP contribution in [0.1, 0.15) is 46.5 Å². The zero-order valence-electron chi connectivity index (χ0n) is 11.7. The molecule has 1 rings (SSSR count). The van der Waals surface area contributed by atoms with Gasteiger partial charge in [-0.1, -0.05) is 19.9 Å². The monoisotopic (exact) mass is 255 g/mol. The summed E-state index contributed by atoms with van der Waals surface area (Å²) in [4.78, 5) is 10.7. The summed E-state index contributed by atoms with van der Waals surface area (Å²) in [6.07, 6.45) is 5.82. The lowest BCUT2D eigenvalue weighted by molar-refractivity contribution is -0.132. The van der Waals surface area contributed by atoms with Crippen molar-refractivity contribution >= 4 is 5.97 Å². The fourth-order valence-corrected chi connectivity index (χ4v) is 2.41. The Bertz CT molecular complexity index is 308. The Morgan fingerprint density at radius 1 is 1.50 bits per heavy atom. The van der Waals surface area contributed by atoms with E-state index >= 15 is 0 Å². The number of carboxylic acid groups (broad SMARTS) is 1. The van der Waals surface area contributed by atoms with Crippen LogP contribution in [-0.2, 0) is 9.53 Å². The van der Waals surface area contributed by atoms with Crippen LogP contribution in [-0.4, -0.2) is 35.9 Å². The number of carbonyl (C=O) groups is 1. The van der Waals surface area contributed by atoms with Crippen LogP contribution in [0.2, 0.25) is 0 Å². The highest BCUT2D eigenvalue weighted by Crippen LogP contribution is 2.31. The molecule has 18 heavy (non-hydrogen) atoms. The molecule has 0 radical (unpaired) electrons. The summed E-state index contributed by atoms with van der Waals surface area (Å²) < 4.78 is 5.91. The Morgan fingerprint density at radius 2 is 2.17 bits per heavy atom. The van der Waals surface area contributed by atoms with Gasteiger partial charge in [0.1, 0.15) is 0 Å². The van der Waals surface area contributed by atoms with E-state index in [1.54, 1.807) is 13.0 Å². The Morgan fingerprint density at radius 3 is 2.72 bits per heavy atom. The number of hydrogen-bond donors (Lipinski definition) is 2. The Labute approximate surface area is 109 Å². The van der Waals surface area contributed by atoms with Crippen LogP contribution in [0.5, 0.6) is 0 Å². The maximum absolute atomic E-state index is 10.7. The molecule has 1 unspecified atom stereocenters. The first-order valence-electron chi connectivity index (χ1n) is 6.80. The first kappa shape index (κ1) is 15.2. The number of nitrogens with one attached hydrogen (secondary N) is 1. The average Bonchev–Trinajstić information content (AvgIpc) is 2.38. The molecular formula is C14H25NO3. The number of hydrogen-bond acceptors (Lipinski definition) is 3. The lowest BCUT2D eigenvalue weighted by Crippen LogP contribution is -2.46. The van der Waals surface area contributed by atoms with E-state index in [9.17, 15) is 4.79 Å². The van der Waals surface area contributed by atoms with Crippen molar-refractivity contribution in [3.63, 3.8) is 0 Å². The fourth-order valence-electron chi connectivity index (χ4n) is 2.41. The molecule has 0 aromatic rings. The van der Waals surface area contributed by atoms with E-state index in [0.29, 0.717) is 18.2 Å². The van der Waals surface area contributed by atoms with Gasteiger partial charge in [0.05, 0.1) is 5.60 Å². The molecule has 0 aliphatic carbocycles. The van der Waals surface area contributed by atoms with Crippen molar-refractivity contribution in [2.75, 3.05) is 13.2 Å². The molecular weight excluding hydrogens is 230 g/mol. The van der Waals surface area contributed by atoms with Crippen molar-refractivity contribution in [1.82, 2.24) is 5.32 Å². The van der Waals surface area contributed by atoms with Crippen molar-refractivity contribution in [3.8, 4) is 0 Å². The maximum atomic E-state index is 10.7. The highest BCUT2D eigenvalue weighted by Gasteiger charge is 2.33. The van der Waals surface area contributed by atoms with Crippen LogP contribution >= 0.6 is 0 Å². The standard InChI is InChI=1S/C14H25NO3/c1-4-14(5-2)10-12(7-9-18-14)15-8-6-11(3)13(16)17/h6,12,15H,4-5,7-10H2,1-3H3,(H,16,17)/b11-6-. The van der Waals surface area contributed by atoms with Crippen molar-refractivity contribution in [2.24, 2.45) is 0 Å². The SMILES string of the molecule is CCC1(CC)CC(NC/C=C(/C)C(=O)O)CCO1. The van der Waals surface area contributed by atoms with Crippen LogP contribution < -0.4 is 5.32 Å². The second-order valence-electron chi connectivity index (χ2n) is 5.03. The molecule has 1 aliphatic rings. The third-order valence-corrected chi connectivity index (χ3v) is 3.93. The van der Waals surface area contributed by atoms with Crippen LogP contribution in [0.4, 0.5) is 0 Å². The quantitative estimate of drug-likeness (QED) is 0.715. The van der Waals surface area contributed by atoms with Crippen molar-refractivity contribution in [3.05, 3.63) is 11.6 Å². The van der Waals surface area contributed by atoms with E-state index in [1.165, 1.54) is 0 Å². The predicted molar refractivity (Wildman–Crippen MR) is 71.7 cm³/mol. The lowest BCUT2D eigenvalue weighted by Gasteiger charge is -2.40. The number of carboxylic acids is 1. The molecule has 1 aliphatic heterocycles. The van der Waals surface area contributed by atoms with Crippen molar-refractivity contribution in [2.45, 2.75) is 58.1 Å². The summed E-state index contributed by atoms with van der Waals surface area (Å²) in [5, 5.41) is 12.2. The van der Waals surface area contributed by atoms with E-state index in [2.05, 4.69) is 19.2 Å². The number of ether oxygens (including phenoxy) is 1. The van der Waals surface area contributed by atoms with Crippen LogP contribution in [0.15, 0.2) is 11.6 Å². The first-order valence-corrected chi connectivity index (χ1v) is 6.80. The molecule has 0 aromatic carbocycles. The number of aliphatic carboxylic acids is 1. The van der Waals surface area contributed by atoms with Gasteiger partial charge in [0, 0.05) is 24.8 Å². The first-order chi connectivity index (χ1) is 8.53. The summed E-state index contributed by atoms with van der Waals surface area (Å²) >= 11 is 0. The van der Waals surface area contributed by atoms with Gasteiger partial charge in [-0.2, -0.15) is 0 Å². The summed E-state index contributed by atoms with van der Waals surface area (Å²) in [7, 11) is 0. The highest BCUT2D eigenvalue weighted by atomic mass is 16.5. The van der Waals surface area contributed by atoms with Gasteiger partial charge < -0.3 is 15.2 Å². The second kappa shape index (κ2) is 6.90. The minimum absolute atomic E-state index is 0.0154. The van der Waals surface area contributed by atoms with Crippen LogP contribution in [0.25, 0.3) is 0 Å². The zero-order valence-corrected chi connectivity index (χ0v) is 11.7. The second-order valence-corrected chi connectivity index (χ2v) is 5.03. The van der Waals surface area contributed by atoms with E-state index in [0.717, 1.165) is 32.3 Å². The van der Waals surface area contributed by atoms with Gasteiger partial charge in [0.15, 0.2) is 0 Å². The molecule has 0 spiro atoms. The molecule has 0 amide bonds. The average molecular weight is 255 g/mol. The topological polar surface area (TPSA) is 58.6 Å². The predicted octanol–water partition coefficient (Wildman–Crippen LogP) is 2.34. The van der Waals surface area contributed by atoms with Gasteiger partial charge in [-0.05, 0) is 32.6 Å². The Kier molecular flexibility index (Phi) is 5.82. The van der Waals surface area contributed by atoms with Crippen molar-refractivity contribution < 1.29 is 14.6 Å². The maximum Gasteiger partial charge on any atom is 0.330 e. The molecule has 4 nitrogen and oxygen atoms in total. The minimum Gasteiger partial charge on any atom is -0.478 e. The van der Waals surface area contributed by atoms with Crippen molar-refractivity contribution in [1.29, 1.82) is 0 Å². The zero-order chi connectivity index (χ0) is 13.6. The summed E-state index contributed by atoms with van der Waals surface area (Å²) in [6, 6.07) is 0.427. The molecule has 0 bridgehead atoms. The summed E-state index contributed by atoms with van der Waals surface area (Å²) in [6.45, 7) is 7.37. The molecule has 0 saturated carbocycles. The smallest absolute Gasteiger partial charge is 0.330 e. The van der Waals surface area contributed by atoms with Gasteiger partial charge in [0.2, 0.25) is 0 Å². The van der Waals surface area contributed by atoms with Gasteiger partial charge in [-0.3, -0.25) is 0 Å². The summed E-state index contributed by atoms with van der Waals surface area (Å²) in [5.41, 5.74) is 0.411. The van der Waals surface area contributed by atoms with Gasteiger partial charge in [-0.15, -0.1) is 0 Å². The van der Waals surface area contributed by atoms with Gasteiger partial charge >= 0.3 is 5.97 Å². The Hall–Kier alpha value is -0.870. The van der Waals surface area contributed by atoms with Gasteiger partial charge in [-0.25, -0.2) is 4.79 Å². The molecule has 1 heterocycles. The van der Waals surface area contributed by atoms with E-state index in [1.807, 2.05) is 0 Å². The molecule has 1 fully saturated rings. The Balaban J connectivity index is 2.44. The molecule has 1 atom stereocenters. The molecule has 104 valence electrons. The molecule has 2 N–H and O–H groups in total. The largest absolute Gasteiger partial charge is 0.478 e. The summed E-state index contributed by atoms with van der Waals surface area (Å²) in [5.74, 6) is -0.847. The molecule has 1 saturated heterocycles. The minimum atomic E-state index is -0.847. The third-order valence-electron chi connectivity index (χ3n) is 3.93. The molecule has 0 aromatic heterocycles. The fraction of sp³-hybridized carbons (Fsp3) is 0.786. The van der Waals surface area contributed by atoms with E-state index in [4.69, 9.17) is 9.84 Å². The normalized spacial score (nSPS) is 23.9. The van der Waals surface area contributed by atoms with E-state index < -0.39 is 5.97 Å². The third kappa shape index (κ3) is 4.10. The molecule has 4 heteroatoms. The van der Waals surface area contributed by atoms with Gasteiger partial charge in [0.25, 0.3) is 0 Å². The van der Waals surface area contributed by atoms with E-state index in [-0.39, 0.29) is 5.60 Å². The number of rotatable bonds is 6.